The highest BCUT2D eigenvalue weighted by atomic mass is 35.5. The lowest BCUT2D eigenvalue weighted by Crippen LogP contribution is -2.39. The molecule has 3 nitrogen and oxygen atoms in total. The zero-order valence-corrected chi connectivity index (χ0v) is 11.8. The third-order valence-electron chi connectivity index (χ3n) is 2.81. The van der Waals surface area contributed by atoms with Crippen molar-refractivity contribution in [2.24, 2.45) is 5.73 Å². The van der Waals surface area contributed by atoms with Gasteiger partial charge in [0.15, 0.2) is 0 Å². The van der Waals surface area contributed by atoms with E-state index in [1.165, 1.54) is 0 Å². The van der Waals surface area contributed by atoms with Gasteiger partial charge >= 0.3 is 0 Å². The van der Waals surface area contributed by atoms with E-state index in [1.807, 2.05) is 0 Å². The molecule has 1 heterocycles. The monoisotopic (exact) mass is 275 g/mol. The number of aromatic nitrogens is 1. The molecule has 0 spiro atoms. The summed E-state index contributed by atoms with van der Waals surface area (Å²) in [5.74, 6) is 0.773. The van der Waals surface area contributed by atoms with Gasteiger partial charge in [0.05, 0.1) is 10.0 Å². The van der Waals surface area contributed by atoms with Gasteiger partial charge < -0.3 is 10.6 Å². The molecule has 0 amide bonds. The van der Waals surface area contributed by atoms with Crippen molar-refractivity contribution in [1.82, 2.24) is 4.98 Å². The molecule has 5 heteroatoms. The molecule has 0 aromatic carbocycles. The summed E-state index contributed by atoms with van der Waals surface area (Å²) in [6, 6.07) is 2.13. The van der Waals surface area contributed by atoms with Crippen LogP contribution in [0.15, 0.2) is 12.3 Å². The maximum Gasteiger partial charge on any atom is 0.147 e. The van der Waals surface area contributed by atoms with Crippen LogP contribution in [0, 0.1) is 0 Å². The van der Waals surface area contributed by atoms with Gasteiger partial charge in [0.2, 0.25) is 0 Å². The van der Waals surface area contributed by atoms with Crippen molar-refractivity contribution in [1.29, 1.82) is 0 Å². The fourth-order valence-corrected chi connectivity index (χ4v) is 2.44. The van der Waals surface area contributed by atoms with E-state index in [0.29, 0.717) is 22.6 Å². The molecule has 0 bridgehead atoms. The molecular formula is C12H19Cl2N3. The van der Waals surface area contributed by atoms with E-state index in [2.05, 4.69) is 23.7 Å². The molecule has 1 rings (SSSR count). The molecule has 0 fully saturated rings. The van der Waals surface area contributed by atoms with Gasteiger partial charge in [-0.15, -0.1) is 0 Å². The van der Waals surface area contributed by atoms with Crippen molar-refractivity contribution in [2.75, 3.05) is 18.0 Å². The quantitative estimate of drug-likeness (QED) is 0.866. The second kappa shape index (κ2) is 7.04. The normalized spacial score (nSPS) is 10.9. The molecule has 2 N–H and O–H groups in total. The van der Waals surface area contributed by atoms with Gasteiger partial charge in [0.25, 0.3) is 0 Å². The Bertz CT molecular complexity index is 354. The minimum Gasteiger partial charge on any atom is -0.351 e. The highest BCUT2D eigenvalue weighted by Gasteiger charge is 2.18. The van der Waals surface area contributed by atoms with Crippen LogP contribution in [0.5, 0.6) is 0 Å². The molecule has 96 valence electrons. The predicted molar refractivity (Wildman–Crippen MR) is 75.0 cm³/mol. The van der Waals surface area contributed by atoms with Crippen LogP contribution >= 0.6 is 23.2 Å². The molecule has 0 unspecified atom stereocenters. The van der Waals surface area contributed by atoms with Crippen molar-refractivity contribution < 1.29 is 0 Å². The van der Waals surface area contributed by atoms with Crippen LogP contribution in [0.2, 0.25) is 10.0 Å². The Kier molecular flexibility index (Phi) is 6.03. The Morgan fingerprint density at radius 1 is 1.35 bits per heavy atom. The molecule has 1 aromatic rings. The number of hydrogen-bond donors (Lipinski definition) is 1. The first-order valence-electron chi connectivity index (χ1n) is 5.91. The van der Waals surface area contributed by atoms with Gasteiger partial charge in [0, 0.05) is 25.3 Å². The number of halogens is 2. The predicted octanol–water partition coefficient (Wildman–Crippen LogP) is 3.34. The van der Waals surface area contributed by atoms with Crippen LogP contribution in [-0.2, 0) is 0 Å². The summed E-state index contributed by atoms with van der Waals surface area (Å²) in [6.07, 6.45) is 3.70. The molecule has 0 radical (unpaired) electrons. The summed E-state index contributed by atoms with van der Waals surface area (Å²) < 4.78 is 0. The average molecular weight is 276 g/mol. The smallest absolute Gasteiger partial charge is 0.147 e. The summed E-state index contributed by atoms with van der Waals surface area (Å²) >= 11 is 12.0. The number of hydrogen-bond acceptors (Lipinski definition) is 3. The maximum absolute atomic E-state index is 6.19. The summed E-state index contributed by atoms with van der Waals surface area (Å²) in [5, 5.41) is 1.13. The molecule has 0 aliphatic heterocycles. The van der Waals surface area contributed by atoms with Gasteiger partial charge in [-0.05, 0) is 18.9 Å². The number of nitrogens with zero attached hydrogens (tertiary/aromatic N) is 2. The van der Waals surface area contributed by atoms with Crippen LogP contribution in [0.1, 0.15) is 26.7 Å². The van der Waals surface area contributed by atoms with Crippen LogP contribution < -0.4 is 10.6 Å². The van der Waals surface area contributed by atoms with Crippen LogP contribution in [0.4, 0.5) is 5.82 Å². The third-order valence-corrected chi connectivity index (χ3v) is 3.30. The summed E-state index contributed by atoms with van der Waals surface area (Å²) in [4.78, 5) is 6.49. The Morgan fingerprint density at radius 2 is 2.00 bits per heavy atom. The molecule has 1 aromatic heterocycles. The lowest BCUT2D eigenvalue weighted by molar-refractivity contribution is 0.554. The second-order valence-electron chi connectivity index (χ2n) is 3.91. The number of anilines is 1. The van der Waals surface area contributed by atoms with Crippen molar-refractivity contribution >= 4 is 29.0 Å². The second-order valence-corrected chi connectivity index (χ2v) is 4.75. The van der Waals surface area contributed by atoms with E-state index in [4.69, 9.17) is 28.9 Å². The summed E-state index contributed by atoms with van der Waals surface area (Å²) in [6.45, 7) is 5.64. The van der Waals surface area contributed by atoms with Crippen molar-refractivity contribution in [3.8, 4) is 0 Å². The first-order valence-corrected chi connectivity index (χ1v) is 6.67. The van der Waals surface area contributed by atoms with Gasteiger partial charge in [0.1, 0.15) is 5.82 Å². The average Bonchev–Trinajstić information content (AvgIpc) is 2.30. The van der Waals surface area contributed by atoms with Crippen molar-refractivity contribution in [3.63, 3.8) is 0 Å². The van der Waals surface area contributed by atoms with Crippen molar-refractivity contribution in [3.05, 3.63) is 22.3 Å². The Balaban J connectivity index is 3.03. The number of pyridine rings is 1. The third kappa shape index (κ3) is 3.73. The topological polar surface area (TPSA) is 42.1 Å². The molecule has 0 saturated carbocycles. The zero-order chi connectivity index (χ0) is 12.8. The first kappa shape index (κ1) is 14.6. The molecule has 17 heavy (non-hydrogen) atoms. The van der Waals surface area contributed by atoms with Crippen LogP contribution in [0.3, 0.4) is 0 Å². The minimum atomic E-state index is 0.407. The number of nitrogens with two attached hydrogens (primary N) is 1. The van der Waals surface area contributed by atoms with Gasteiger partial charge in [-0.3, -0.25) is 0 Å². The fraction of sp³-hybridized carbons (Fsp3) is 0.583. The van der Waals surface area contributed by atoms with Crippen LogP contribution in [0.25, 0.3) is 0 Å². The van der Waals surface area contributed by atoms with Gasteiger partial charge in [-0.2, -0.15) is 0 Å². The summed E-state index contributed by atoms with van der Waals surface area (Å²) in [5.41, 5.74) is 5.66. The maximum atomic E-state index is 6.19. The first-order chi connectivity index (χ1) is 8.13. The van der Waals surface area contributed by atoms with Gasteiger partial charge in [-0.25, -0.2) is 4.98 Å². The Morgan fingerprint density at radius 3 is 2.47 bits per heavy atom. The fourth-order valence-electron chi connectivity index (χ4n) is 1.95. The summed E-state index contributed by atoms with van der Waals surface area (Å²) in [7, 11) is 0. The lowest BCUT2D eigenvalue weighted by atomic mass is 10.1. The van der Waals surface area contributed by atoms with Gasteiger partial charge in [-0.1, -0.05) is 37.0 Å². The van der Waals surface area contributed by atoms with Crippen molar-refractivity contribution in [2.45, 2.75) is 32.7 Å². The zero-order valence-electron chi connectivity index (χ0n) is 10.3. The highest BCUT2D eigenvalue weighted by molar-refractivity contribution is 6.36. The highest BCUT2D eigenvalue weighted by Crippen LogP contribution is 2.28. The molecule has 0 saturated heterocycles. The molecule has 0 atom stereocenters. The van der Waals surface area contributed by atoms with E-state index in [9.17, 15) is 0 Å². The largest absolute Gasteiger partial charge is 0.351 e. The number of rotatable bonds is 6. The lowest BCUT2D eigenvalue weighted by Gasteiger charge is -2.31. The molecular weight excluding hydrogens is 257 g/mol. The molecule has 0 aliphatic carbocycles. The van der Waals surface area contributed by atoms with E-state index in [0.717, 1.165) is 25.2 Å². The SMILES string of the molecule is CCC(CC)N(CCN)c1ncc(Cl)cc1Cl. The Hall–Kier alpha value is -0.510. The van der Waals surface area contributed by atoms with E-state index >= 15 is 0 Å². The minimum absolute atomic E-state index is 0.407. The Labute approximate surface area is 113 Å². The standard InChI is InChI=1S/C12H19Cl2N3/c1-3-10(4-2)17(6-5-15)12-11(14)7-9(13)8-16-12/h7-8,10H,3-6,15H2,1-2H3. The van der Waals surface area contributed by atoms with E-state index in [-0.39, 0.29) is 0 Å². The molecule has 0 aliphatic rings. The van der Waals surface area contributed by atoms with E-state index in [1.54, 1.807) is 12.3 Å². The van der Waals surface area contributed by atoms with Crippen LogP contribution in [-0.4, -0.2) is 24.1 Å². The van der Waals surface area contributed by atoms with E-state index < -0.39 is 0 Å².